The maximum absolute atomic E-state index is 13.6. The zero-order valence-electron chi connectivity index (χ0n) is 21.4. The molecule has 2 aromatic carbocycles. The summed E-state index contributed by atoms with van der Waals surface area (Å²) in [6.45, 7) is 5.25. The summed E-state index contributed by atoms with van der Waals surface area (Å²) in [5.41, 5.74) is 3.70. The number of rotatable bonds is 6. The molecular weight excluding hydrogens is 466 g/mol. The van der Waals surface area contributed by atoms with Crippen molar-refractivity contribution in [3.63, 3.8) is 0 Å². The van der Waals surface area contributed by atoms with Gasteiger partial charge in [0.25, 0.3) is 5.56 Å². The molecule has 0 radical (unpaired) electrons. The number of nitrogens with zero attached hydrogens (tertiary/aromatic N) is 6. The maximum Gasteiger partial charge on any atom is 0.253 e. The number of nitrogens with one attached hydrogen (secondary N) is 1. The van der Waals surface area contributed by atoms with E-state index >= 15 is 0 Å². The summed E-state index contributed by atoms with van der Waals surface area (Å²) in [4.78, 5) is 21.5. The van der Waals surface area contributed by atoms with Gasteiger partial charge in [-0.15, -0.1) is 5.10 Å². The Bertz CT molecular complexity index is 1450. The molecule has 2 fully saturated rings. The highest BCUT2D eigenvalue weighted by molar-refractivity contribution is 5.82. The van der Waals surface area contributed by atoms with E-state index in [-0.39, 0.29) is 17.6 Å². The quantitative estimate of drug-likeness (QED) is 0.431. The second kappa shape index (κ2) is 9.97. The second-order valence-corrected chi connectivity index (χ2v) is 10.1. The van der Waals surface area contributed by atoms with Crippen LogP contribution in [-0.4, -0.2) is 63.4 Å². The van der Waals surface area contributed by atoms with E-state index in [4.69, 9.17) is 4.74 Å². The minimum atomic E-state index is -0.322. The van der Waals surface area contributed by atoms with E-state index in [0.717, 1.165) is 72.7 Å². The zero-order chi connectivity index (χ0) is 25.4. The Morgan fingerprint density at radius 2 is 1.81 bits per heavy atom. The Hall–Kier alpha value is -3.72. The van der Waals surface area contributed by atoms with Gasteiger partial charge in [0, 0.05) is 43.5 Å². The minimum Gasteiger partial charge on any atom is -0.497 e. The van der Waals surface area contributed by atoms with E-state index in [1.807, 2.05) is 41.9 Å². The predicted octanol–water partition coefficient (Wildman–Crippen LogP) is 3.86. The number of anilines is 1. The molecular formula is C28H33N7O2. The molecule has 4 aromatic rings. The lowest BCUT2D eigenvalue weighted by Gasteiger charge is -2.40. The van der Waals surface area contributed by atoms with E-state index in [0.29, 0.717) is 5.56 Å². The third-order valence-corrected chi connectivity index (χ3v) is 7.94. The van der Waals surface area contributed by atoms with Gasteiger partial charge in [-0.1, -0.05) is 37.1 Å². The van der Waals surface area contributed by atoms with E-state index in [1.165, 1.54) is 12.8 Å². The van der Waals surface area contributed by atoms with Crippen molar-refractivity contribution in [2.45, 2.75) is 44.7 Å². The average molecular weight is 500 g/mol. The number of fused-ring (bicyclic) bond motifs is 1. The third kappa shape index (κ3) is 4.48. The average Bonchev–Trinajstić information content (AvgIpc) is 3.63. The van der Waals surface area contributed by atoms with Crippen molar-refractivity contribution in [2.24, 2.45) is 0 Å². The molecule has 3 heterocycles. The summed E-state index contributed by atoms with van der Waals surface area (Å²) in [7, 11) is 1.69. The van der Waals surface area contributed by atoms with Gasteiger partial charge in [-0.3, -0.25) is 9.69 Å². The van der Waals surface area contributed by atoms with E-state index in [2.05, 4.69) is 48.5 Å². The number of benzene rings is 2. The van der Waals surface area contributed by atoms with E-state index < -0.39 is 0 Å². The van der Waals surface area contributed by atoms with Gasteiger partial charge < -0.3 is 14.6 Å². The van der Waals surface area contributed by atoms with Crippen molar-refractivity contribution in [2.75, 3.05) is 38.2 Å². The van der Waals surface area contributed by atoms with Gasteiger partial charge in [-0.25, -0.2) is 4.68 Å². The fourth-order valence-electron chi connectivity index (χ4n) is 5.94. The number of hydrogen-bond donors (Lipinski definition) is 1. The molecule has 0 bridgehead atoms. The molecule has 192 valence electrons. The maximum atomic E-state index is 13.6. The first-order chi connectivity index (χ1) is 18.1. The van der Waals surface area contributed by atoms with Gasteiger partial charge >= 0.3 is 0 Å². The number of ether oxygens (including phenoxy) is 1. The SMILES string of the molecule is COc1cccc(N2CCN([C@@H](c3cc4cccc(C)c4[nH]c3=O)c3nnnn3C3CCCC3)CC2)c1. The molecule has 1 aliphatic carbocycles. The molecule has 1 saturated carbocycles. The molecule has 1 aliphatic heterocycles. The monoisotopic (exact) mass is 499 g/mol. The van der Waals surface area contributed by atoms with Crippen molar-refractivity contribution in [1.82, 2.24) is 30.1 Å². The Kier molecular flexibility index (Phi) is 6.38. The Labute approximate surface area is 216 Å². The predicted molar refractivity (Wildman–Crippen MR) is 143 cm³/mol. The molecule has 1 atom stereocenters. The summed E-state index contributed by atoms with van der Waals surface area (Å²) in [6, 6.07) is 16.3. The number of para-hydroxylation sites is 1. The summed E-state index contributed by atoms with van der Waals surface area (Å²) < 4.78 is 7.42. The van der Waals surface area contributed by atoms with Crippen molar-refractivity contribution >= 4 is 16.6 Å². The minimum absolute atomic E-state index is 0.0806. The lowest BCUT2D eigenvalue weighted by molar-refractivity contribution is 0.197. The first kappa shape index (κ1) is 23.7. The summed E-state index contributed by atoms with van der Waals surface area (Å²) in [5, 5.41) is 14.1. The molecule has 2 aromatic heterocycles. The number of H-pyrrole nitrogens is 1. The van der Waals surface area contributed by atoms with Gasteiger partial charge in [-0.2, -0.15) is 0 Å². The van der Waals surface area contributed by atoms with Crippen LogP contribution < -0.4 is 15.2 Å². The van der Waals surface area contributed by atoms with Crippen LogP contribution in [0.5, 0.6) is 5.75 Å². The third-order valence-electron chi connectivity index (χ3n) is 7.94. The van der Waals surface area contributed by atoms with Crippen LogP contribution in [0, 0.1) is 6.92 Å². The van der Waals surface area contributed by atoms with Gasteiger partial charge in [0.2, 0.25) is 0 Å². The highest BCUT2D eigenvalue weighted by Crippen LogP contribution is 2.34. The lowest BCUT2D eigenvalue weighted by Crippen LogP contribution is -2.49. The highest BCUT2D eigenvalue weighted by atomic mass is 16.5. The first-order valence-corrected chi connectivity index (χ1v) is 13.2. The fraction of sp³-hybridized carbons (Fsp3) is 0.429. The van der Waals surface area contributed by atoms with Crippen molar-refractivity contribution in [3.8, 4) is 5.75 Å². The molecule has 1 N–H and O–H groups in total. The standard InChI is InChI=1S/C28H33N7O2/c1-19-7-5-8-20-17-24(28(36)29-25(19)20)26(27-30-31-32-35(27)21-9-3-4-10-21)34-15-13-33(14-16-34)22-11-6-12-23(18-22)37-2/h5-8,11-12,17-18,21,26H,3-4,9-10,13-16H2,1-2H3,(H,29,36)/t26-/m0/s1. The highest BCUT2D eigenvalue weighted by Gasteiger charge is 2.34. The molecule has 37 heavy (non-hydrogen) atoms. The van der Waals surface area contributed by atoms with Crippen LogP contribution in [-0.2, 0) is 0 Å². The summed E-state index contributed by atoms with van der Waals surface area (Å²) >= 11 is 0. The summed E-state index contributed by atoms with van der Waals surface area (Å²) in [5.74, 6) is 1.62. The second-order valence-electron chi connectivity index (χ2n) is 10.1. The Morgan fingerprint density at radius 1 is 1.03 bits per heavy atom. The van der Waals surface area contributed by atoms with Crippen LogP contribution in [0.25, 0.3) is 10.9 Å². The number of methoxy groups -OCH3 is 1. The van der Waals surface area contributed by atoms with Crippen molar-refractivity contribution in [3.05, 3.63) is 75.8 Å². The molecule has 9 nitrogen and oxygen atoms in total. The van der Waals surface area contributed by atoms with E-state index in [9.17, 15) is 4.79 Å². The molecule has 2 aliphatic rings. The molecule has 0 unspecified atom stereocenters. The van der Waals surface area contributed by atoms with Gasteiger partial charge in [0.15, 0.2) is 5.82 Å². The van der Waals surface area contributed by atoms with Crippen molar-refractivity contribution < 1.29 is 4.74 Å². The number of hydrogen-bond acceptors (Lipinski definition) is 7. The number of aromatic amines is 1. The van der Waals surface area contributed by atoms with Crippen molar-refractivity contribution in [1.29, 1.82) is 0 Å². The molecule has 0 amide bonds. The van der Waals surface area contributed by atoms with Gasteiger partial charge in [0.05, 0.1) is 18.7 Å². The number of pyridine rings is 1. The molecule has 9 heteroatoms. The number of aryl methyl sites for hydroxylation is 1. The molecule has 1 saturated heterocycles. The van der Waals surface area contributed by atoms with Gasteiger partial charge in [-0.05, 0) is 59.3 Å². The van der Waals surface area contributed by atoms with Crippen LogP contribution in [0.3, 0.4) is 0 Å². The Morgan fingerprint density at radius 3 is 2.59 bits per heavy atom. The summed E-state index contributed by atoms with van der Waals surface area (Å²) in [6.07, 6.45) is 4.51. The largest absolute Gasteiger partial charge is 0.497 e. The van der Waals surface area contributed by atoms with E-state index in [1.54, 1.807) is 7.11 Å². The van der Waals surface area contributed by atoms with Crippen LogP contribution >= 0.6 is 0 Å². The van der Waals surface area contributed by atoms with Crippen LogP contribution in [0.2, 0.25) is 0 Å². The Balaban J connectivity index is 1.38. The zero-order valence-corrected chi connectivity index (χ0v) is 21.4. The molecule has 6 rings (SSSR count). The smallest absolute Gasteiger partial charge is 0.253 e. The number of aromatic nitrogens is 5. The normalized spacial score (nSPS) is 17.9. The molecule has 0 spiro atoms. The van der Waals surface area contributed by atoms with Crippen LogP contribution in [0.4, 0.5) is 5.69 Å². The van der Waals surface area contributed by atoms with Crippen LogP contribution in [0.1, 0.15) is 54.7 Å². The van der Waals surface area contributed by atoms with Gasteiger partial charge in [0.1, 0.15) is 11.8 Å². The number of piperazine rings is 1. The number of tetrazole rings is 1. The topological polar surface area (TPSA) is 92.2 Å². The fourth-order valence-corrected chi connectivity index (χ4v) is 5.94. The van der Waals surface area contributed by atoms with Crippen LogP contribution in [0.15, 0.2) is 53.3 Å². The lowest BCUT2D eigenvalue weighted by atomic mass is 10.0. The first-order valence-electron chi connectivity index (χ1n) is 13.2.